The van der Waals surface area contributed by atoms with Crippen molar-refractivity contribution in [1.29, 1.82) is 0 Å². The molecular weight excluding hydrogens is 809 g/mol. The number of ether oxygens (including phenoxy) is 4. The minimum atomic E-state index is -0.567. The first-order valence-electron chi connectivity index (χ1n) is 19.1. The standard InChI is InChI=1S/C49H42N2O6S3/c1-8-13-36(31(6)9-2)38-22-24-40(58-38)42-44-45(51-60-50-44)43(41-25-23-39(59-41)37-28-30(5)16-17-32(37)7)46(56-34-14-11-10-12-15-34)47(42)57-35-20-18-33(19-21-35)49(53)55-27-26-54-48(52)29(3)4/h8-25,28H,2-3,26-27H2,1,4-7H3/b13-8+,36-31+. The molecule has 11 heteroatoms. The van der Waals surface area contributed by atoms with Gasteiger partial charge in [-0.2, -0.15) is 8.75 Å². The molecule has 0 saturated carbocycles. The second kappa shape index (κ2) is 18.7. The smallest absolute Gasteiger partial charge is 0.338 e. The quantitative estimate of drug-likeness (QED) is 0.0435. The fraction of sp³-hybridized carbons (Fsp3) is 0.143. The van der Waals surface area contributed by atoms with Gasteiger partial charge in [0.15, 0.2) is 11.5 Å². The van der Waals surface area contributed by atoms with Crippen LogP contribution in [0.5, 0.6) is 23.0 Å². The maximum atomic E-state index is 13.0. The van der Waals surface area contributed by atoms with Crippen LogP contribution in [0.15, 0.2) is 140 Å². The largest absolute Gasteiger partial charge is 0.459 e. The molecular formula is C49H42N2O6S3. The molecule has 8 nitrogen and oxygen atoms in total. The summed E-state index contributed by atoms with van der Waals surface area (Å²) in [5, 5.41) is 0. The Labute approximate surface area is 361 Å². The molecule has 7 rings (SSSR count). The Morgan fingerprint density at radius 2 is 1.35 bits per heavy atom. The fourth-order valence-corrected chi connectivity index (χ4v) is 9.22. The monoisotopic (exact) mass is 850 g/mol. The van der Waals surface area contributed by atoms with E-state index in [0.717, 1.165) is 59.1 Å². The molecule has 0 amide bonds. The molecule has 0 unspecified atom stereocenters. The molecule has 302 valence electrons. The lowest BCUT2D eigenvalue weighted by Crippen LogP contribution is -2.14. The number of hydrogen-bond acceptors (Lipinski definition) is 11. The van der Waals surface area contributed by atoms with Gasteiger partial charge >= 0.3 is 11.9 Å². The van der Waals surface area contributed by atoms with E-state index < -0.39 is 11.9 Å². The van der Waals surface area contributed by atoms with E-state index in [4.69, 9.17) is 27.7 Å². The van der Waals surface area contributed by atoms with E-state index >= 15 is 0 Å². The average Bonchev–Trinajstić information content (AvgIpc) is 4.05. The highest BCUT2D eigenvalue weighted by molar-refractivity contribution is 7.19. The van der Waals surface area contributed by atoms with Gasteiger partial charge < -0.3 is 18.9 Å². The van der Waals surface area contributed by atoms with E-state index in [1.807, 2.05) is 56.3 Å². The van der Waals surface area contributed by atoms with Crippen LogP contribution >= 0.6 is 34.4 Å². The van der Waals surface area contributed by atoms with E-state index in [-0.39, 0.29) is 18.8 Å². The fourth-order valence-electron chi connectivity index (χ4n) is 6.39. The van der Waals surface area contributed by atoms with Crippen LogP contribution in [-0.4, -0.2) is 33.9 Å². The molecule has 0 aliphatic heterocycles. The van der Waals surface area contributed by atoms with Gasteiger partial charge in [0.1, 0.15) is 35.7 Å². The topological polar surface area (TPSA) is 96.8 Å². The Morgan fingerprint density at radius 3 is 2.00 bits per heavy atom. The number of esters is 2. The molecule has 60 heavy (non-hydrogen) atoms. The van der Waals surface area contributed by atoms with Gasteiger partial charge in [-0.1, -0.05) is 73.3 Å². The summed E-state index contributed by atoms with van der Waals surface area (Å²) in [4.78, 5) is 28.7. The number of aryl methyl sites for hydroxylation is 2. The van der Waals surface area contributed by atoms with Crippen molar-refractivity contribution in [3.63, 3.8) is 0 Å². The summed E-state index contributed by atoms with van der Waals surface area (Å²) >= 11 is 4.40. The highest BCUT2D eigenvalue weighted by Crippen LogP contribution is 2.55. The number of nitrogens with zero attached hydrogens (tertiary/aromatic N) is 2. The lowest BCUT2D eigenvalue weighted by molar-refractivity contribution is -0.140. The molecule has 0 N–H and O–H groups in total. The molecule has 0 aliphatic rings. The number of carbonyl (C=O) groups is 2. The second-order valence-electron chi connectivity index (χ2n) is 13.9. The summed E-state index contributed by atoms with van der Waals surface area (Å²) in [6, 6.07) is 31.2. The maximum absolute atomic E-state index is 13.0. The highest BCUT2D eigenvalue weighted by atomic mass is 32.1. The Bertz CT molecular complexity index is 2790. The van der Waals surface area contributed by atoms with Crippen LogP contribution in [0.2, 0.25) is 0 Å². The van der Waals surface area contributed by atoms with Crippen molar-refractivity contribution in [3.8, 4) is 54.3 Å². The molecule has 0 spiro atoms. The lowest BCUT2D eigenvalue weighted by Gasteiger charge is -2.20. The molecule has 3 heterocycles. The van der Waals surface area contributed by atoms with Gasteiger partial charge in [0.2, 0.25) is 0 Å². The van der Waals surface area contributed by atoms with Crippen molar-refractivity contribution in [2.75, 3.05) is 13.2 Å². The summed E-state index contributed by atoms with van der Waals surface area (Å²) < 4.78 is 34.2. The third-order valence-corrected chi connectivity index (χ3v) is 12.3. The summed E-state index contributed by atoms with van der Waals surface area (Å²) in [5.74, 6) is 0.865. The van der Waals surface area contributed by atoms with Crippen molar-refractivity contribution < 1.29 is 28.5 Å². The van der Waals surface area contributed by atoms with Gasteiger partial charge in [-0.05, 0) is 118 Å². The number of allylic oxidation sites excluding steroid dienone is 5. The Kier molecular flexibility index (Phi) is 13.0. The Balaban J connectivity index is 1.39. The van der Waals surface area contributed by atoms with Crippen LogP contribution in [0.1, 0.15) is 47.1 Å². The number of rotatable bonds is 15. The molecule has 0 bridgehead atoms. The van der Waals surface area contributed by atoms with E-state index in [0.29, 0.717) is 39.6 Å². The van der Waals surface area contributed by atoms with Crippen LogP contribution in [0, 0.1) is 13.8 Å². The van der Waals surface area contributed by atoms with Crippen molar-refractivity contribution in [2.24, 2.45) is 0 Å². The van der Waals surface area contributed by atoms with Gasteiger partial charge in [-0.25, -0.2) is 9.59 Å². The number of fused-ring (bicyclic) bond motifs is 1. The van der Waals surface area contributed by atoms with Crippen LogP contribution < -0.4 is 9.47 Å². The molecule has 0 radical (unpaired) electrons. The van der Waals surface area contributed by atoms with Crippen molar-refractivity contribution in [2.45, 2.75) is 34.6 Å². The van der Waals surface area contributed by atoms with Crippen LogP contribution in [0.4, 0.5) is 0 Å². The summed E-state index contributed by atoms with van der Waals surface area (Å²) in [6.45, 7) is 17.2. The predicted molar refractivity (Wildman–Crippen MR) is 246 cm³/mol. The second-order valence-corrected chi connectivity index (χ2v) is 16.6. The normalized spacial score (nSPS) is 11.7. The Morgan fingerprint density at radius 1 is 0.733 bits per heavy atom. The van der Waals surface area contributed by atoms with Gasteiger partial charge in [0.05, 0.1) is 28.4 Å². The highest BCUT2D eigenvalue weighted by Gasteiger charge is 2.30. The number of hydrogen-bond donors (Lipinski definition) is 0. The van der Waals surface area contributed by atoms with E-state index in [9.17, 15) is 9.59 Å². The average molecular weight is 851 g/mol. The van der Waals surface area contributed by atoms with Crippen molar-refractivity contribution >= 4 is 62.9 Å². The minimum absolute atomic E-state index is 0.0815. The van der Waals surface area contributed by atoms with Crippen LogP contribution in [-0.2, 0) is 14.3 Å². The summed E-state index contributed by atoms with van der Waals surface area (Å²) in [5.41, 5.74) is 9.04. The van der Waals surface area contributed by atoms with Crippen LogP contribution in [0.25, 0.3) is 47.9 Å². The lowest BCUT2D eigenvalue weighted by atomic mass is 10.0. The first-order chi connectivity index (χ1) is 29.1. The van der Waals surface area contributed by atoms with Gasteiger partial charge in [0.25, 0.3) is 0 Å². The predicted octanol–water partition coefficient (Wildman–Crippen LogP) is 13.8. The van der Waals surface area contributed by atoms with Crippen molar-refractivity contribution in [3.05, 3.63) is 161 Å². The number of aromatic nitrogens is 2. The molecule has 4 aromatic carbocycles. The maximum Gasteiger partial charge on any atom is 0.338 e. The molecule has 0 fully saturated rings. The third-order valence-electron chi connectivity index (χ3n) is 9.49. The van der Waals surface area contributed by atoms with Crippen molar-refractivity contribution in [1.82, 2.24) is 8.75 Å². The molecule has 0 aliphatic carbocycles. The number of para-hydroxylation sites is 1. The van der Waals surface area contributed by atoms with Crippen LogP contribution in [0.3, 0.4) is 0 Å². The zero-order valence-corrected chi connectivity index (χ0v) is 36.3. The zero-order chi connectivity index (χ0) is 42.3. The van der Waals surface area contributed by atoms with E-state index in [1.165, 1.54) is 11.1 Å². The molecule has 0 atom stereocenters. The number of thiophene rings is 2. The first kappa shape index (κ1) is 41.7. The van der Waals surface area contributed by atoms with Gasteiger partial charge in [-0.3, -0.25) is 0 Å². The third kappa shape index (κ3) is 9.08. The Hall–Kier alpha value is -6.40. The zero-order valence-electron chi connectivity index (χ0n) is 33.9. The first-order valence-corrected chi connectivity index (χ1v) is 21.5. The number of benzene rings is 4. The summed E-state index contributed by atoms with van der Waals surface area (Å²) in [6.07, 6.45) is 5.96. The van der Waals surface area contributed by atoms with E-state index in [2.05, 4.69) is 75.5 Å². The van der Waals surface area contributed by atoms with Gasteiger partial charge in [0, 0.05) is 25.1 Å². The molecule has 3 aromatic heterocycles. The molecule has 7 aromatic rings. The number of carbonyl (C=O) groups excluding carboxylic acids is 2. The molecule has 0 saturated heterocycles. The SMILES string of the molecule is C=C/C(C)=C(\C=C\C)c1ccc(-c2c(Oc3ccc(C(=O)OCCOC(=O)C(=C)C)cc3)c(Oc3ccccc3)c(-c3ccc(-c4cc(C)ccc4C)s3)c3nsnc23)s1. The summed E-state index contributed by atoms with van der Waals surface area (Å²) in [7, 11) is 0. The van der Waals surface area contributed by atoms with E-state index in [1.54, 1.807) is 53.9 Å². The minimum Gasteiger partial charge on any atom is -0.459 e. The van der Waals surface area contributed by atoms with Gasteiger partial charge in [-0.15, -0.1) is 22.7 Å².